The quantitative estimate of drug-likeness (QED) is 0.288. The highest BCUT2D eigenvalue weighted by Gasteiger charge is 2.32. The summed E-state index contributed by atoms with van der Waals surface area (Å²) >= 11 is 0. The minimum absolute atomic E-state index is 0.159. The highest BCUT2D eigenvalue weighted by atomic mass is 16.6. The third kappa shape index (κ3) is 7.63. The van der Waals surface area contributed by atoms with Crippen LogP contribution in [0.2, 0.25) is 0 Å². The van der Waals surface area contributed by atoms with Crippen molar-refractivity contribution in [1.29, 1.82) is 0 Å². The van der Waals surface area contributed by atoms with E-state index in [4.69, 9.17) is 0 Å². The minimum Gasteiger partial charge on any atom is -0.393 e. The molecule has 1 heterocycles. The van der Waals surface area contributed by atoms with E-state index in [0.717, 1.165) is 18.8 Å². The second-order valence-electron chi connectivity index (χ2n) is 6.46. The highest BCUT2D eigenvalue weighted by molar-refractivity contribution is 5.94. The van der Waals surface area contributed by atoms with E-state index < -0.39 is 0 Å². The van der Waals surface area contributed by atoms with Gasteiger partial charge in [-0.3, -0.25) is 9.59 Å². The Morgan fingerprint density at radius 3 is 2.19 bits per heavy atom. The maximum Gasteiger partial charge on any atom is 0.317 e. The Morgan fingerprint density at radius 2 is 1.67 bits per heavy atom. The molecule has 1 aliphatic heterocycles. The van der Waals surface area contributed by atoms with E-state index in [1.165, 1.54) is 57.8 Å². The molecule has 2 unspecified atom stereocenters. The van der Waals surface area contributed by atoms with Crippen LogP contribution in [0.5, 0.6) is 0 Å². The lowest BCUT2D eigenvalue weighted by Gasteiger charge is -2.14. The number of esters is 2. The maximum atomic E-state index is 11.3. The summed E-state index contributed by atoms with van der Waals surface area (Å²) in [5, 5.41) is 0. The van der Waals surface area contributed by atoms with Crippen LogP contribution in [0.15, 0.2) is 0 Å². The van der Waals surface area contributed by atoms with Gasteiger partial charge in [-0.15, -0.1) is 0 Å². The van der Waals surface area contributed by atoms with Gasteiger partial charge in [-0.25, -0.2) is 0 Å². The van der Waals surface area contributed by atoms with Crippen molar-refractivity contribution >= 4 is 11.9 Å². The van der Waals surface area contributed by atoms with Crippen LogP contribution in [0.1, 0.15) is 90.9 Å². The lowest BCUT2D eigenvalue weighted by molar-refractivity contribution is -0.153. The number of hydrogen-bond acceptors (Lipinski definition) is 3. The van der Waals surface area contributed by atoms with Crippen LogP contribution in [0.4, 0.5) is 0 Å². The van der Waals surface area contributed by atoms with Gasteiger partial charge in [-0.1, -0.05) is 78.1 Å². The molecule has 1 fully saturated rings. The van der Waals surface area contributed by atoms with Gasteiger partial charge in [-0.2, -0.15) is 0 Å². The van der Waals surface area contributed by atoms with Crippen LogP contribution in [-0.2, 0) is 14.3 Å². The number of carbonyl (C=O) groups is 2. The van der Waals surface area contributed by atoms with E-state index >= 15 is 0 Å². The van der Waals surface area contributed by atoms with E-state index in [0.29, 0.717) is 6.42 Å². The Kier molecular flexibility index (Phi) is 9.36. The number of hydrogen-bond donors (Lipinski definition) is 0. The molecule has 0 N–H and O–H groups in total. The van der Waals surface area contributed by atoms with Crippen molar-refractivity contribution in [1.82, 2.24) is 0 Å². The molecule has 122 valence electrons. The standard InChI is InChI=1S/C18H32O3/c1-3-5-6-8-11-15(4-2)12-9-7-10-13-16-14-17(19)21-18(16)20/h15-16H,3-14H2,1-2H3. The molecule has 1 aliphatic rings. The predicted octanol–water partition coefficient (Wildman–Crippen LogP) is 5.02. The Bertz CT molecular complexity index is 312. The number of unbranched alkanes of at least 4 members (excludes halogenated alkanes) is 5. The van der Waals surface area contributed by atoms with E-state index in [1.54, 1.807) is 0 Å². The van der Waals surface area contributed by atoms with Crippen LogP contribution in [-0.4, -0.2) is 11.9 Å². The van der Waals surface area contributed by atoms with Crippen molar-refractivity contribution in [2.24, 2.45) is 11.8 Å². The van der Waals surface area contributed by atoms with Crippen LogP contribution in [0.25, 0.3) is 0 Å². The fraction of sp³-hybridized carbons (Fsp3) is 0.889. The van der Waals surface area contributed by atoms with Crippen molar-refractivity contribution in [2.75, 3.05) is 0 Å². The number of cyclic esters (lactones) is 2. The predicted molar refractivity (Wildman–Crippen MR) is 84.8 cm³/mol. The van der Waals surface area contributed by atoms with Gasteiger partial charge in [-0.05, 0) is 12.3 Å². The summed E-state index contributed by atoms with van der Waals surface area (Å²) in [5.41, 5.74) is 0. The van der Waals surface area contributed by atoms with Gasteiger partial charge in [0, 0.05) is 0 Å². The summed E-state index contributed by atoms with van der Waals surface area (Å²) in [6.07, 6.45) is 14.0. The SMILES string of the molecule is CCCCCCC(CC)CCCCCC1CC(=O)OC1=O. The normalized spacial score (nSPS) is 19.8. The first-order chi connectivity index (χ1) is 10.2. The average molecular weight is 296 g/mol. The topological polar surface area (TPSA) is 43.4 Å². The number of carbonyl (C=O) groups excluding carboxylic acids is 2. The van der Waals surface area contributed by atoms with Crippen molar-refractivity contribution < 1.29 is 14.3 Å². The molecular weight excluding hydrogens is 264 g/mol. The van der Waals surface area contributed by atoms with Crippen molar-refractivity contribution in [3.8, 4) is 0 Å². The summed E-state index contributed by atoms with van der Waals surface area (Å²) in [6, 6.07) is 0. The van der Waals surface area contributed by atoms with Crippen LogP contribution in [0.3, 0.4) is 0 Å². The van der Waals surface area contributed by atoms with Crippen LogP contribution < -0.4 is 0 Å². The molecule has 0 spiro atoms. The van der Waals surface area contributed by atoms with Crippen molar-refractivity contribution in [3.63, 3.8) is 0 Å². The van der Waals surface area contributed by atoms with Crippen molar-refractivity contribution in [2.45, 2.75) is 90.9 Å². The molecule has 0 aromatic heterocycles. The Morgan fingerprint density at radius 1 is 1.00 bits per heavy atom. The third-order valence-corrected chi connectivity index (χ3v) is 4.67. The maximum absolute atomic E-state index is 11.3. The van der Waals surface area contributed by atoms with Gasteiger partial charge in [0.2, 0.25) is 0 Å². The third-order valence-electron chi connectivity index (χ3n) is 4.67. The molecule has 1 saturated heterocycles. The Hall–Kier alpha value is -0.860. The van der Waals surface area contributed by atoms with E-state index in [-0.39, 0.29) is 17.9 Å². The Balaban J connectivity index is 2.01. The van der Waals surface area contributed by atoms with Gasteiger partial charge >= 0.3 is 11.9 Å². The molecule has 3 nitrogen and oxygen atoms in total. The average Bonchev–Trinajstić information content (AvgIpc) is 2.79. The number of ether oxygens (including phenoxy) is 1. The van der Waals surface area contributed by atoms with Gasteiger partial charge in [0.05, 0.1) is 12.3 Å². The Labute approximate surface area is 129 Å². The first-order valence-electron chi connectivity index (χ1n) is 8.91. The smallest absolute Gasteiger partial charge is 0.317 e. The molecule has 0 amide bonds. The van der Waals surface area contributed by atoms with E-state index in [9.17, 15) is 9.59 Å². The fourth-order valence-corrected chi connectivity index (χ4v) is 3.15. The molecule has 0 aromatic rings. The monoisotopic (exact) mass is 296 g/mol. The summed E-state index contributed by atoms with van der Waals surface area (Å²) < 4.78 is 4.57. The lowest BCUT2D eigenvalue weighted by atomic mass is 9.91. The molecule has 0 radical (unpaired) electrons. The van der Waals surface area contributed by atoms with Crippen LogP contribution in [0, 0.1) is 11.8 Å². The first kappa shape index (κ1) is 18.2. The summed E-state index contributed by atoms with van der Waals surface area (Å²) in [5.74, 6) is 0.0684. The molecule has 21 heavy (non-hydrogen) atoms. The summed E-state index contributed by atoms with van der Waals surface area (Å²) in [7, 11) is 0. The van der Waals surface area contributed by atoms with Gasteiger partial charge < -0.3 is 4.74 Å². The molecule has 0 bridgehead atoms. The van der Waals surface area contributed by atoms with Gasteiger partial charge in [0.15, 0.2) is 0 Å². The fourth-order valence-electron chi connectivity index (χ4n) is 3.15. The molecule has 2 atom stereocenters. The zero-order valence-corrected chi connectivity index (χ0v) is 13.9. The molecule has 0 aromatic carbocycles. The first-order valence-corrected chi connectivity index (χ1v) is 8.91. The summed E-state index contributed by atoms with van der Waals surface area (Å²) in [6.45, 7) is 4.55. The zero-order valence-electron chi connectivity index (χ0n) is 13.9. The van der Waals surface area contributed by atoms with Gasteiger partial charge in [0.1, 0.15) is 0 Å². The lowest BCUT2D eigenvalue weighted by Crippen LogP contribution is -2.07. The van der Waals surface area contributed by atoms with Crippen molar-refractivity contribution in [3.05, 3.63) is 0 Å². The second kappa shape index (κ2) is 10.8. The molecule has 3 heteroatoms. The largest absolute Gasteiger partial charge is 0.393 e. The van der Waals surface area contributed by atoms with Crippen LogP contribution >= 0.6 is 0 Å². The molecule has 0 aliphatic carbocycles. The second-order valence-corrected chi connectivity index (χ2v) is 6.46. The summed E-state index contributed by atoms with van der Waals surface area (Å²) in [4.78, 5) is 22.3. The zero-order chi connectivity index (χ0) is 15.5. The number of rotatable bonds is 12. The van der Waals surface area contributed by atoms with E-state index in [2.05, 4.69) is 18.6 Å². The van der Waals surface area contributed by atoms with E-state index in [1.807, 2.05) is 0 Å². The minimum atomic E-state index is -0.344. The molecule has 0 saturated carbocycles. The highest BCUT2D eigenvalue weighted by Crippen LogP contribution is 2.24. The van der Waals surface area contributed by atoms with Gasteiger partial charge in [0.25, 0.3) is 0 Å². The molecular formula is C18H32O3. The molecule has 1 rings (SSSR count).